The second-order valence-electron chi connectivity index (χ2n) is 10.1. The van der Waals surface area contributed by atoms with Crippen molar-refractivity contribution in [2.45, 2.75) is 42.8 Å². The van der Waals surface area contributed by atoms with Crippen LogP contribution in [0.5, 0.6) is 11.5 Å². The van der Waals surface area contributed by atoms with Gasteiger partial charge in [0.1, 0.15) is 5.82 Å². The Morgan fingerprint density at radius 2 is 1.82 bits per heavy atom. The lowest BCUT2D eigenvalue weighted by Gasteiger charge is -2.24. The normalized spacial score (nSPS) is 14.9. The number of anilines is 1. The molecule has 1 aliphatic rings. The number of carbonyl (C=O) groups is 2. The van der Waals surface area contributed by atoms with Crippen LogP contribution in [-0.4, -0.2) is 40.2 Å². The summed E-state index contributed by atoms with van der Waals surface area (Å²) in [6.45, 7) is 4.82. The number of halogens is 1. The van der Waals surface area contributed by atoms with Gasteiger partial charge in [-0.3, -0.25) is 14.5 Å². The first-order chi connectivity index (χ1) is 21.9. The molecule has 5 rings (SSSR count). The van der Waals surface area contributed by atoms with Crippen LogP contribution in [0.4, 0.5) is 9.52 Å². The largest absolute Gasteiger partial charge is 0.503 e. The monoisotopic (exact) mass is 645 g/mol. The zero-order valence-corrected chi connectivity index (χ0v) is 26.4. The highest BCUT2D eigenvalue weighted by molar-refractivity contribution is 8.00. The predicted octanol–water partition coefficient (Wildman–Crippen LogP) is 7.73. The number of benzene rings is 3. The predicted molar refractivity (Wildman–Crippen MR) is 174 cm³/mol. The molecule has 0 saturated heterocycles. The molecular weight excluding hydrogens is 614 g/mol. The number of ether oxygens (including phenoxy) is 2. The van der Waals surface area contributed by atoms with Crippen molar-refractivity contribution in [1.29, 1.82) is 0 Å². The number of allylic oxidation sites excluding steroid dienone is 1. The minimum Gasteiger partial charge on any atom is -0.503 e. The first-order valence-corrected chi connectivity index (χ1v) is 16.3. The molecule has 4 aromatic rings. The van der Waals surface area contributed by atoms with Crippen LogP contribution in [0.25, 0.3) is 6.08 Å². The quantitative estimate of drug-likeness (QED) is 0.0644. The molecular formula is C34H32FN3O5S2. The molecule has 8 nitrogen and oxygen atoms in total. The lowest BCUT2D eigenvalue weighted by atomic mass is 9.95. The maximum atomic E-state index is 13.7. The Morgan fingerprint density at radius 3 is 2.56 bits per heavy atom. The fourth-order valence-electron chi connectivity index (χ4n) is 4.69. The van der Waals surface area contributed by atoms with E-state index in [1.807, 2.05) is 37.3 Å². The number of aromatic nitrogens is 2. The Balaban J connectivity index is 1.50. The average Bonchev–Trinajstić information content (AvgIpc) is 3.62. The van der Waals surface area contributed by atoms with Crippen molar-refractivity contribution in [3.05, 3.63) is 113 Å². The fourth-order valence-corrected chi connectivity index (χ4v) is 6.51. The van der Waals surface area contributed by atoms with E-state index in [1.54, 1.807) is 36.4 Å². The van der Waals surface area contributed by atoms with Gasteiger partial charge >= 0.3 is 0 Å². The van der Waals surface area contributed by atoms with Crippen LogP contribution in [0.3, 0.4) is 0 Å². The highest BCUT2D eigenvalue weighted by Crippen LogP contribution is 2.45. The Bertz CT molecular complexity index is 1710. The summed E-state index contributed by atoms with van der Waals surface area (Å²) < 4.78 is 25.7. The van der Waals surface area contributed by atoms with Gasteiger partial charge in [-0.1, -0.05) is 91.1 Å². The number of ketones is 1. The number of rotatable bonds is 14. The molecule has 1 amide bonds. The topological polar surface area (TPSA) is 102 Å². The van der Waals surface area contributed by atoms with Crippen LogP contribution >= 0.6 is 23.1 Å². The molecule has 1 N–H and O–H groups in total. The Labute approximate surface area is 269 Å². The van der Waals surface area contributed by atoms with Crippen molar-refractivity contribution in [2.75, 3.05) is 18.1 Å². The van der Waals surface area contributed by atoms with Gasteiger partial charge in [-0.25, -0.2) is 4.39 Å². The zero-order valence-electron chi connectivity index (χ0n) is 24.8. The molecule has 0 radical (unpaired) electrons. The number of amides is 1. The third kappa shape index (κ3) is 7.61. The minimum absolute atomic E-state index is 0.0787. The molecule has 0 aliphatic carbocycles. The maximum Gasteiger partial charge on any atom is 0.296 e. The first kappa shape index (κ1) is 31.9. The van der Waals surface area contributed by atoms with Gasteiger partial charge < -0.3 is 14.6 Å². The van der Waals surface area contributed by atoms with Gasteiger partial charge in [0.2, 0.25) is 5.13 Å². The Hall–Kier alpha value is -4.48. The highest BCUT2D eigenvalue weighted by Gasteiger charge is 2.45. The summed E-state index contributed by atoms with van der Waals surface area (Å²) in [4.78, 5) is 28.6. The number of carbonyl (C=O) groups excluding carboxylic acids is 2. The van der Waals surface area contributed by atoms with Crippen LogP contribution in [-0.2, 0) is 15.3 Å². The van der Waals surface area contributed by atoms with Crippen LogP contribution < -0.4 is 14.4 Å². The summed E-state index contributed by atoms with van der Waals surface area (Å²) in [6, 6.07) is 19.7. The van der Waals surface area contributed by atoms with Gasteiger partial charge in [-0.2, -0.15) is 0 Å². The number of hydrogen-bond acceptors (Lipinski definition) is 9. The van der Waals surface area contributed by atoms with E-state index < -0.39 is 23.5 Å². The zero-order chi connectivity index (χ0) is 31.8. The molecule has 2 heterocycles. The van der Waals surface area contributed by atoms with Gasteiger partial charge in [0.05, 0.1) is 24.8 Å². The molecule has 0 fully saturated rings. The molecule has 1 aromatic heterocycles. The van der Waals surface area contributed by atoms with Crippen LogP contribution in [0, 0.1) is 5.82 Å². The van der Waals surface area contributed by atoms with E-state index in [0.717, 1.165) is 35.3 Å². The number of aliphatic hydroxyl groups is 1. The maximum absolute atomic E-state index is 13.7. The van der Waals surface area contributed by atoms with Gasteiger partial charge in [-0.05, 0) is 60.4 Å². The molecule has 232 valence electrons. The summed E-state index contributed by atoms with van der Waals surface area (Å²) in [5.74, 6) is -0.724. The lowest BCUT2D eigenvalue weighted by molar-refractivity contribution is -0.117. The molecule has 0 saturated carbocycles. The standard InChI is InChI=1S/C34H32FN3O5S2/c1-3-5-19-43-27-18-14-24(20-28(27)42-4-2)30-29(26(39)17-13-22-9-7-6-8-10-22)31(40)32(41)38(30)33-36-37-34(45-33)44-21-23-11-15-25(35)16-12-23/h6-18,20,30,40H,3-5,19,21H2,1-2H3. The van der Waals surface area contributed by atoms with Gasteiger partial charge in [0, 0.05) is 5.75 Å². The van der Waals surface area contributed by atoms with E-state index in [0.29, 0.717) is 40.4 Å². The van der Waals surface area contributed by atoms with E-state index in [4.69, 9.17) is 9.47 Å². The summed E-state index contributed by atoms with van der Waals surface area (Å²) in [5.41, 5.74) is 2.15. The molecule has 1 unspecified atom stereocenters. The van der Waals surface area contributed by atoms with Crippen molar-refractivity contribution < 1.29 is 28.6 Å². The number of unbranched alkanes of at least 4 members (excludes halogenated alkanes) is 1. The van der Waals surface area contributed by atoms with Crippen molar-refractivity contribution in [3.63, 3.8) is 0 Å². The molecule has 1 atom stereocenters. The summed E-state index contributed by atoms with van der Waals surface area (Å²) in [5, 5.41) is 19.9. The van der Waals surface area contributed by atoms with Gasteiger partial charge in [0.15, 0.2) is 27.4 Å². The molecule has 0 bridgehead atoms. The number of thioether (sulfide) groups is 1. The van der Waals surface area contributed by atoms with Crippen molar-refractivity contribution in [3.8, 4) is 11.5 Å². The second kappa shape index (κ2) is 15.0. The Morgan fingerprint density at radius 1 is 1.04 bits per heavy atom. The summed E-state index contributed by atoms with van der Waals surface area (Å²) in [7, 11) is 0. The van der Waals surface area contributed by atoms with E-state index in [9.17, 15) is 19.1 Å². The van der Waals surface area contributed by atoms with Gasteiger partial charge in [-0.15, -0.1) is 10.2 Å². The highest BCUT2D eigenvalue weighted by atomic mass is 32.2. The molecule has 1 aliphatic heterocycles. The third-order valence-corrected chi connectivity index (χ3v) is 9.04. The van der Waals surface area contributed by atoms with E-state index >= 15 is 0 Å². The average molecular weight is 646 g/mol. The smallest absolute Gasteiger partial charge is 0.296 e. The molecule has 11 heteroatoms. The second-order valence-corrected chi connectivity index (χ2v) is 12.2. The number of aliphatic hydroxyl groups excluding tert-OH is 1. The minimum atomic E-state index is -1.00. The van der Waals surface area contributed by atoms with Crippen LogP contribution in [0.15, 0.2) is 94.5 Å². The lowest BCUT2D eigenvalue weighted by Crippen LogP contribution is -2.31. The third-order valence-electron chi connectivity index (χ3n) is 6.92. The van der Waals surface area contributed by atoms with E-state index in [1.165, 1.54) is 34.9 Å². The van der Waals surface area contributed by atoms with Gasteiger partial charge in [0.25, 0.3) is 5.91 Å². The van der Waals surface area contributed by atoms with Crippen molar-refractivity contribution >= 4 is 46.0 Å². The molecule has 3 aromatic carbocycles. The SMILES string of the molecule is CCCCOc1ccc(C2C(C(=O)C=Cc3ccccc3)=C(O)C(=O)N2c2nnc(SCc3ccc(F)cc3)s2)cc1OCC. The number of nitrogens with zero attached hydrogens (tertiary/aromatic N) is 3. The van der Waals surface area contributed by atoms with Crippen LogP contribution in [0.2, 0.25) is 0 Å². The number of hydrogen-bond donors (Lipinski definition) is 1. The van der Waals surface area contributed by atoms with E-state index in [2.05, 4.69) is 17.1 Å². The molecule has 45 heavy (non-hydrogen) atoms. The van der Waals surface area contributed by atoms with E-state index in [-0.39, 0.29) is 16.5 Å². The summed E-state index contributed by atoms with van der Waals surface area (Å²) >= 11 is 2.55. The fraction of sp³-hybridized carbons (Fsp3) is 0.235. The van der Waals surface area contributed by atoms with Crippen LogP contribution in [0.1, 0.15) is 49.4 Å². The summed E-state index contributed by atoms with van der Waals surface area (Å²) in [6.07, 6.45) is 4.83. The molecule has 0 spiro atoms. The first-order valence-electron chi connectivity index (χ1n) is 14.5. The Kier molecular flexibility index (Phi) is 10.6. The van der Waals surface area contributed by atoms with Crippen molar-refractivity contribution in [2.24, 2.45) is 0 Å². The van der Waals surface area contributed by atoms with Crippen molar-refractivity contribution in [1.82, 2.24) is 10.2 Å².